The highest BCUT2D eigenvalue weighted by molar-refractivity contribution is 5.82. The first-order valence-electron chi connectivity index (χ1n) is 4.08. The van der Waals surface area contributed by atoms with Crippen LogP contribution in [0.1, 0.15) is 13.8 Å². The number of ether oxygens (including phenoxy) is 2. The number of rotatable bonds is 4. The standard InChI is InChI=1S/C8H9F5O3/c1-3-15-6(14)4-5(2)16-8(12,13)7(9,10)11/h4H,3H2,1-2H3/b5-4+. The van der Waals surface area contributed by atoms with Gasteiger partial charge >= 0.3 is 18.3 Å². The van der Waals surface area contributed by atoms with E-state index in [1.165, 1.54) is 6.92 Å². The largest absolute Gasteiger partial charge is 0.498 e. The Labute approximate surface area is 87.8 Å². The van der Waals surface area contributed by atoms with Crippen LogP contribution in [0.15, 0.2) is 11.8 Å². The van der Waals surface area contributed by atoms with Gasteiger partial charge < -0.3 is 9.47 Å². The first kappa shape index (κ1) is 14.7. The van der Waals surface area contributed by atoms with Crippen LogP contribution in [0, 0.1) is 0 Å². The minimum absolute atomic E-state index is 0.0295. The predicted molar refractivity (Wildman–Crippen MR) is 42.5 cm³/mol. The zero-order valence-electron chi connectivity index (χ0n) is 8.40. The zero-order chi connectivity index (χ0) is 13.0. The van der Waals surface area contributed by atoms with E-state index >= 15 is 0 Å². The summed E-state index contributed by atoms with van der Waals surface area (Å²) in [6, 6.07) is 0. The number of allylic oxidation sites excluding steroid dienone is 1. The smallest absolute Gasteiger partial charge is 0.463 e. The van der Waals surface area contributed by atoms with Crippen LogP contribution in [0.3, 0.4) is 0 Å². The van der Waals surface area contributed by atoms with Crippen molar-refractivity contribution < 1.29 is 36.2 Å². The van der Waals surface area contributed by atoms with Gasteiger partial charge in [-0.1, -0.05) is 0 Å². The van der Waals surface area contributed by atoms with Crippen LogP contribution in [0.4, 0.5) is 22.0 Å². The highest BCUT2D eigenvalue weighted by Gasteiger charge is 2.61. The molecule has 0 bridgehead atoms. The maximum Gasteiger partial charge on any atom is 0.498 e. The van der Waals surface area contributed by atoms with Crippen molar-refractivity contribution in [3.8, 4) is 0 Å². The van der Waals surface area contributed by atoms with Crippen LogP contribution in [0.25, 0.3) is 0 Å². The van der Waals surface area contributed by atoms with Crippen LogP contribution < -0.4 is 0 Å². The average molecular weight is 248 g/mol. The normalized spacial score (nSPS) is 13.6. The van der Waals surface area contributed by atoms with Crippen LogP contribution >= 0.6 is 0 Å². The SMILES string of the molecule is CCOC(=O)/C=C(\C)OC(F)(F)C(F)(F)F. The molecule has 94 valence electrons. The second kappa shape index (κ2) is 5.13. The fourth-order valence-corrected chi connectivity index (χ4v) is 0.639. The van der Waals surface area contributed by atoms with Crippen molar-refractivity contribution in [3.63, 3.8) is 0 Å². The van der Waals surface area contributed by atoms with E-state index in [-0.39, 0.29) is 6.61 Å². The Balaban J connectivity index is 4.56. The van der Waals surface area contributed by atoms with Crippen LogP contribution in [0.2, 0.25) is 0 Å². The molecule has 0 amide bonds. The van der Waals surface area contributed by atoms with E-state index in [2.05, 4.69) is 9.47 Å². The molecule has 0 unspecified atom stereocenters. The van der Waals surface area contributed by atoms with Gasteiger partial charge in [0.25, 0.3) is 0 Å². The topological polar surface area (TPSA) is 35.5 Å². The molecule has 0 aromatic carbocycles. The number of hydrogen-bond donors (Lipinski definition) is 0. The first-order valence-corrected chi connectivity index (χ1v) is 4.08. The lowest BCUT2D eigenvalue weighted by Crippen LogP contribution is -2.38. The van der Waals surface area contributed by atoms with Gasteiger partial charge in [0.2, 0.25) is 0 Å². The summed E-state index contributed by atoms with van der Waals surface area (Å²) in [4.78, 5) is 10.7. The molecule has 0 fully saturated rings. The summed E-state index contributed by atoms with van der Waals surface area (Å²) in [6.45, 7) is 2.21. The molecule has 0 saturated heterocycles. The molecule has 0 N–H and O–H groups in total. The van der Waals surface area contributed by atoms with Crippen molar-refractivity contribution in [2.24, 2.45) is 0 Å². The molecule has 0 aliphatic heterocycles. The summed E-state index contributed by atoms with van der Waals surface area (Å²) in [5.41, 5.74) is 0. The lowest BCUT2D eigenvalue weighted by atomic mass is 10.4. The molecule has 0 aliphatic carbocycles. The van der Waals surface area contributed by atoms with Gasteiger partial charge in [0.1, 0.15) is 5.76 Å². The van der Waals surface area contributed by atoms with Crippen molar-refractivity contribution in [1.29, 1.82) is 0 Å². The third-order valence-corrected chi connectivity index (χ3v) is 1.23. The Morgan fingerprint density at radius 3 is 2.12 bits per heavy atom. The summed E-state index contributed by atoms with van der Waals surface area (Å²) in [5, 5.41) is 0. The van der Waals surface area contributed by atoms with E-state index in [9.17, 15) is 26.7 Å². The summed E-state index contributed by atoms with van der Waals surface area (Å²) in [5.74, 6) is -1.95. The number of hydrogen-bond acceptors (Lipinski definition) is 3. The number of carbonyl (C=O) groups is 1. The molecule has 0 heterocycles. The van der Waals surface area contributed by atoms with Crippen molar-refractivity contribution in [3.05, 3.63) is 11.8 Å². The average Bonchev–Trinajstić information content (AvgIpc) is 1.99. The maximum absolute atomic E-state index is 12.3. The van der Waals surface area contributed by atoms with Gasteiger partial charge in [0.05, 0.1) is 12.7 Å². The highest BCUT2D eigenvalue weighted by Crippen LogP contribution is 2.37. The third kappa shape index (κ3) is 4.45. The Morgan fingerprint density at radius 2 is 1.75 bits per heavy atom. The second-order valence-electron chi connectivity index (χ2n) is 2.62. The van der Waals surface area contributed by atoms with Gasteiger partial charge in [0, 0.05) is 0 Å². The van der Waals surface area contributed by atoms with E-state index in [1.807, 2.05) is 0 Å². The van der Waals surface area contributed by atoms with Crippen molar-refractivity contribution >= 4 is 5.97 Å². The molecule has 16 heavy (non-hydrogen) atoms. The Kier molecular flexibility index (Phi) is 4.70. The summed E-state index contributed by atoms with van der Waals surface area (Å²) in [7, 11) is 0. The third-order valence-electron chi connectivity index (χ3n) is 1.23. The molecule has 0 aromatic rings. The summed E-state index contributed by atoms with van der Waals surface area (Å²) in [6.07, 6.45) is -10.8. The molecule has 0 saturated carbocycles. The van der Waals surface area contributed by atoms with Gasteiger partial charge in [-0.2, -0.15) is 22.0 Å². The van der Waals surface area contributed by atoms with Gasteiger partial charge in [-0.3, -0.25) is 0 Å². The fraction of sp³-hybridized carbons (Fsp3) is 0.625. The maximum atomic E-state index is 12.3. The van der Waals surface area contributed by atoms with E-state index < -0.39 is 24.0 Å². The second-order valence-corrected chi connectivity index (χ2v) is 2.62. The van der Waals surface area contributed by atoms with Gasteiger partial charge in [-0.05, 0) is 13.8 Å². The van der Waals surface area contributed by atoms with E-state index in [1.54, 1.807) is 0 Å². The number of carbonyl (C=O) groups excluding carboxylic acids is 1. The van der Waals surface area contributed by atoms with E-state index in [4.69, 9.17) is 0 Å². The molecule has 0 rings (SSSR count). The molecule has 3 nitrogen and oxygen atoms in total. The quantitative estimate of drug-likeness (QED) is 0.332. The molecule has 0 aromatic heterocycles. The summed E-state index contributed by atoms with van der Waals surface area (Å²) >= 11 is 0. The van der Waals surface area contributed by atoms with Crippen molar-refractivity contribution in [1.82, 2.24) is 0 Å². The molecule has 8 heteroatoms. The Hall–Kier alpha value is -1.34. The minimum Gasteiger partial charge on any atom is -0.463 e. The Morgan fingerprint density at radius 1 is 1.25 bits per heavy atom. The minimum atomic E-state index is -5.84. The van der Waals surface area contributed by atoms with Crippen molar-refractivity contribution in [2.45, 2.75) is 26.1 Å². The van der Waals surface area contributed by atoms with Crippen molar-refractivity contribution in [2.75, 3.05) is 6.61 Å². The number of esters is 1. The monoisotopic (exact) mass is 248 g/mol. The molecule has 0 atom stereocenters. The van der Waals surface area contributed by atoms with Crippen LogP contribution in [0.5, 0.6) is 0 Å². The van der Waals surface area contributed by atoms with E-state index in [0.717, 1.165) is 6.92 Å². The lowest BCUT2D eigenvalue weighted by molar-refractivity contribution is -0.379. The van der Waals surface area contributed by atoms with E-state index in [0.29, 0.717) is 6.08 Å². The first-order chi connectivity index (χ1) is 7.10. The predicted octanol–water partition coefficient (Wildman–Crippen LogP) is 2.63. The highest BCUT2D eigenvalue weighted by atomic mass is 19.4. The summed E-state index contributed by atoms with van der Waals surface area (Å²) < 4.78 is 67.1. The van der Waals surface area contributed by atoms with Crippen LogP contribution in [-0.4, -0.2) is 24.9 Å². The number of halogens is 5. The molecular formula is C8H9F5O3. The number of alkyl halides is 5. The molecule has 0 radical (unpaired) electrons. The Bertz CT molecular complexity index is 282. The fourth-order valence-electron chi connectivity index (χ4n) is 0.639. The van der Waals surface area contributed by atoms with Gasteiger partial charge in [-0.15, -0.1) is 0 Å². The molecule has 0 spiro atoms. The lowest BCUT2D eigenvalue weighted by Gasteiger charge is -2.20. The van der Waals surface area contributed by atoms with Crippen LogP contribution in [-0.2, 0) is 14.3 Å². The molecule has 0 aliphatic rings. The zero-order valence-corrected chi connectivity index (χ0v) is 8.40. The van der Waals surface area contributed by atoms with Gasteiger partial charge in [0.15, 0.2) is 0 Å². The molecular weight excluding hydrogens is 239 g/mol. The van der Waals surface area contributed by atoms with Gasteiger partial charge in [-0.25, -0.2) is 4.79 Å².